The van der Waals surface area contributed by atoms with Crippen molar-refractivity contribution in [3.63, 3.8) is 0 Å². The highest BCUT2D eigenvalue weighted by Gasteiger charge is 2.04. The van der Waals surface area contributed by atoms with E-state index in [1.165, 1.54) is 17.7 Å². The molecule has 0 saturated heterocycles. The Bertz CT molecular complexity index is 453. The van der Waals surface area contributed by atoms with Gasteiger partial charge in [0.1, 0.15) is 5.82 Å². The molecule has 2 rings (SSSR count). The summed E-state index contributed by atoms with van der Waals surface area (Å²) in [7, 11) is 0. The first-order valence-corrected chi connectivity index (χ1v) is 5.63. The lowest BCUT2D eigenvalue weighted by molar-refractivity contribution is 0.571. The normalized spacial score (nSPS) is 12.4. The highest BCUT2D eigenvalue weighted by molar-refractivity contribution is 5.19. The summed E-state index contributed by atoms with van der Waals surface area (Å²) in [4.78, 5) is 3.97. The molecule has 1 atom stereocenters. The van der Waals surface area contributed by atoms with Gasteiger partial charge in [-0.3, -0.25) is 4.98 Å². The smallest absolute Gasteiger partial charge is 0.123 e. The van der Waals surface area contributed by atoms with Crippen molar-refractivity contribution in [3.8, 4) is 0 Å². The third-order valence-electron chi connectivity index (χ3n) is 2.73. The maximum Gasteiger partial charge on any atom is 0.123 e. The molecular formula is C14H15FN2. The minimum Gasteiger partial charge on any atom is -0.306 e. The number of hydrogen-bond donors (Lipinski definition) is 1. The van der Waals surface area contributed by atoms with Crippen LogP contribution in [0.2, 0.25) is 0 Å². The number of hydrogen-bond acceptors (Lipinski definition) is 2. The number of benzene rings is 1. The Morgan fingerprint density at radius 1 is 1.12 bits per heavy atom. The minimum atomic E-state index is -0.199. The van der Waals surface area contributed by atoms with E-state index in [1.54, 1.807) is 24.5 Å². The van der Waals surface area contributed by atoms with Gasteiger partial charge in [0.05, 0.1) is 0 Å². The van der Waals surface area contributed by atoms with Crippen LogP contribution in [-0.4, -0.2) is 4.98 Å². The number of nitrogens with zero attached hydrogens (tertiary/aromatic N) is 1. The highest BCUT2D eigenvalue weighted by atomic mass is 19.1. The first kappa shape index (κ1) is 11.7. The van der Waals surface area contributed by atoms with Gasteiger partial charge in [-0.1, -0.05) is 12.1 Å². The second-order valence-electron chi connectivity index (χ2n) is 4.01. The van der Waals surface area contributed by atoms with Crippen LogP contribution in [0.5, 0.6) is 0 Å². The van der Waals surface area contributed by atoms with Gasteiger partial charge >= 0.3 is 0 Å². The van der Waals surface area contributed by atoms with Crippen molar-refractivity contribution in [1.29, 1.82) is 0 Å². The topological polar surface area (TPSA) is 24.9 Å². The summed E-state index contributed by atoms with van der Waals surface area (Å²) in [5.74, 6) is -0.199. The molecule has 88 valence electrons. The monoisotopic (exact) mass is 230 g/mol. The minimum absolute atomic E-state index is 0.198. The molecule has 1 aromatic carbocycles. The number of aromatic nitrogens is 1. The SMILES string of the molecule is CC(NCc1ccncc1)c1ccc(F)cc1. The molecule has 0 aliphatic rings. The fourth-order valence-corrected chi connectivity index (χ4v) is 1.64. The van der Waals surface area contributed by atoms with Gasteiger partial charge in [-0.15, -0.1) is 0 Å². The predicted octanol–water partition coefficient (Wildman–Crippen LogP) is 3.07. The Hall–Kier alpha value is -1.74. The Labute approximate surface area is 101 Å². The molecule has 0 spiro atoms. The molecule has 3 heteroatoms. The van der Waals surface area contributed by atoms with Crippen LogP contribution in [0.25, 0.3) is 0 Å². The lowest BCUT2D eigenvalue weighted by Gasteiger charge is -2.14. The lowest BCUT2D eigenvalue weighted by atomic mass is 10.1. The molecule has 1 N–H and O–H groups in total. The van der Waals surface area contributed by atoms with Gasteiger partial charge in [-0.25, -0.2) is 4.39 Å². The maximum atomic E-state index is 12.8. The lowest BCUT2D eigenvalue weighted by Crippen LogP contribution is -2.18. The zero-order valence-electron chi connectivity index (χ0n) is 9.73. The highest BCUT2D eigenvalue weighted by Crippen LogP contribution is 2.13. The van der Waals surface area contributed by atoms with Gasteiger partial charge < -0.3 is 5.32 Å². The molecule has 0 radical (unpaired) electrons. The molecular weight excluding hydrogens is 215 g/mol. The summed E-state index contributed by atoms with van der Waals surface area (Å²) >= 11 is 0. The van der Waals surface area contributed by atoms with Crippen molar-refractivity contribution in [2.75, 3.05) is 0 Å². The van der Waals surface area contributed by atoms with Gasteiger partial charge in [-0.2, -0.15) is 0 Å². The molecule has 0 aliphatic heterocycles. The van der Waals surface area contributed by atoms with Crippen LogP contribution in [0.15, 0.2) is 48.8 Å². The standard InChI is InChI=1S/C14H15FN2/c1-11(13-2-4-14(15)5-3-13)17-10-12-6-8-16-9-7-12/h2-9,11,17H,10H2,1H3. The molecule has 1 heterocycles. The summed E-state index contributed by atoms with van der Waals surface area (Å²) in [5, 5.41) is 3.38. The Balaban J connectivity index is 1.93. The van der Waals surface area contributed by atoms with Crippen LogP contribution in [0.4, 0.5) is 4.39 Å². The van der Waals surface area contributed by atoms with Crippen molar-refractivity contribution in [1.82, 2.24) is 10.3 Å². The number of rotatable bonds is 4. The zero-order chi connectivity index (χ0) is 12.1. The molecule has 0 saturated carbocycles. The molecule has 2 nitrogen and oxygen atoms in total. The average Bonchev–Trinajstić information content (AvgIpc) is 2.38. The van der Waals surface area contributed by atoms with E-state index in [1.807, 2.05) is 12.1 Å². The molecule has 0 bridgehead atoms. The van der Waals surface area contributed by atoms with Crippen molar-refractivity contribution in [3.05, 3.63) is 65.7 Å². The molecule has 1 aromatic heterocycles. The van der Waals surface area contributed by atoms with Crippen LogP contribution in [0.3, 0.4) is 0 Å². The third kappa shape index (κ3) is 3.36. The van der Waals surface area contributed by atoms with E-state index in [-0.39, 0.29) is 11.9 Å². The van der Waals surface area contributed by atoms with E-state index >= 15 is 0 Å². The number of halogens is 1. The van der Waals surface area contributed by atoms with Crippen molar-refractivity contribution >= 4 is 0 Å². The Kier molecular flexibility index (Phi) is 3.83. The second kappa shape index (κ2) is 5.55. The quantitative estimate of drug-likeness (QED) is 0.873. The maximum absolute atomic E-state index is 12.8. The third-order valence-corrected chi connectivity index (χ3v) is 2.73. The van der Waals surface area contributed by atoms with Crippen LogP contribution in [-0.2, 0) is 6.54 Å². The molecule has 0 aliphatic carbocycles. The van der Waals surface area contributed by atoms with E-state index in [0.29, 0.717) is 0 Å². The van der Waals surface area contributed by atoms with Crippen LogP contribution >= 0.6 is 0 Å². The van der Waals surface area contributed by atoms with E-state index in [4.69, 9.17) is 0 Å². The predicted molar refractivity (Wildman–Crippen MR) is 65.9 cm³/mol. The Morgan fingerprint density at radius 2 is 1.76 bits per heavy atom. The number of pyridine rings is 1. The molecule has 2 aromatic rings. The fourth-order valence-electron chi connectivity index (χ4n) is 1.64. The molecule has 17 heavy (non-hydrogen) atoms. The van der Waals surface area contributed by atoms with E-state index in [2.05, 4.69) is 17.2 Å². The van der Waals surface area contributed by atoms with Gasteiger partial charge in [-0.05, 0) is 42.3 Å². The first-order valence-electron chi connectivity index (χ1n) is 5.63. The van der Waals surface area contributed by atoms with Gasteiger partial charge in [0.15, 0.2) is 0 Å². The largest absolute Gasteiger partial charge is 0.306 e. The molecule has 0 fully saturated rings. The van der Waals surface area contributed by atoms with Crippen molar-refractivity contribution < 1.29 is 4.39 Å². The van der Waals surface area contributed by atoms with Gasteiger partial charge in [0, 0.05) is 25.0 Å². The number of nitrogens with one attached hydrogen (secondary N) is 1. The van der Waals surface area contributed by atoms with Crippen LogP contribution in [0.1, 0.15) is 24.1 Å². The average molecular weight is 230 g/mol. The molecule has 1 unspecified atom stereocenters. The van der Waals surface area contributed by atoms with Crippen molar-refractivity contribution in [2.24, 2.45) is 0 Å². The van der Waals surface area contributed by atoms with E-state index in [0.717, 1.165) is 12.1 Å². The van der Waals surface area contributed by atoms with Crippen molar-refractivity contribution in [2.45, 2.75) is 19.5 Å². The summed E-state index contributed by atoms with van der Waals surface area (Å²) in [5.41, 5.74) is 2.27. The van der Waals surface area contributed by atoms with Crippen LogP contribution < -0.4 is 5.32 Å². The summed E-state index contributed by atoms with van der Waals surface area (Å²) in [6.45, 7) is 2.84. The summed E-state index contributed by atoms with van der Waals surface area (Å²) in [6, 6.07) is 10.7. The van der Waals surface area contributed by atoms with Crippen LogP contribution in [0, 0.1) is 5.82 Å². The fraction of sp³-hybridized carbons (Fsp3) is 0.214. The Morgan fingerprint density at radius 3 is 2.41 bits per heavy atom. The first-order chi connectivity index (χ1) is 8.25. The van der Waals surface area contributed by atoms with Gasteiger partial charge in [0.25, 0.3) is 0 Å². The van der Waals surface area contributed by atoms with E-state index < -0.39 is 0 Å². The zero-order valence-corrected chi connectivity index (χ0v) is 9.73. The summed E-state index contributed by atoms with van der Waals surface area (Å²) in [6.07, 6.45) is 3.55. The molecule has 0 amide bonds. The van der Waals surface area contributed by atoms with Gasteiger partial charge in [0.2, 0.25) is 0 Å². The van der Waals surface area contributed by atoms with E-state index in [9.17, 15) is 4.39 Å². The second-order valence-corrected chi connectivity index (χ2v) is 4.01. The summed E-state index contributed by atoms with van der Waals surface area (Å²) < 4.78 is 12.8.